The molecular formula is C24H22ClFN6O3S. The van der Waals surface area contributed by atoms with E-state index in [0.717, 1.165) is 28.6 Å². The summed E-state index contributed by atoms with van der Waals surface area (Å²) in [6.07, 6.45) is 6.46. The highest BCUT2D eigenvalue weighted by Crippen LogP contribution is 2.33. The average Bonchev–Trinajstić information content (AvgIpc) is 3.25. The molecule has 9 nitrogen and oxygen atoms in total. The van der Waals surface area contributed by atoms with Crippen molar-refractivity contribution in [3.05, 3.63) is 65.3 Å². The Balaban J connectivity index is 1.60. The van der Waals surface area contributed by atoms with Gasteiger partial charge >= 0.3 is 0 Å². The molecule has 3 heterocycles. The molecule has 1 saturated carbocycles. The number of hydrogen-bond acceptors (Lipinski definition) is 8. The fourth-order valence-corrected chi connectivity index (χ4v) is 5.77. The van der Waals surface area contributed by atoms with Crippen molar-refractivity contribution in [3.63, 3.8) is 0 Å². The number of benzene rings is 1. The van der Waals surface area contributed by atoms with E-state index in [0.29, 0.717) is 34.5 Å². The molecule has 2 N–H and O–H groups in total. The number of nitrogens with one attached hydrogen (secondary N) is 1. The minimum atomic E-state index is -4.00. The molecule has 5 rings (SSSR count). The van der Waals surface area contributed by atoms with Crippen LogP contribution in [0.4, 0.5) is 10.2 Å². The Morgan fingerprint density at radius 1 is 1.22 bits per heavy atom. The first-order valence-electron chi connectivity index (χ1n) is 11.2. The molecule has 36 heavy (non-hydrogen) atoms. The summed E-state index contributed by atoms with van der Waals surface area (Å²) in [5.74, 6) is -0.571. The number of anilines is 1. The van der Waals surface area contributed by atoms with Crippen LogP contribution in [-0.2, 0) is 10.0 Å². The van der Waals surface area contributed by atoms with E-state index in [1.807, 2.05) is 6.92 Å². The normalized spacial score (nSPS) is 17.5. The second-order valence-electron chi connectivity index (χ2n) is 8.68. The van der Waals surface area contributed by atoms with Gasteiger partial charge in [0.1, 0.15) is 0 Å². The molecule has 0 aliphatic heterocycles. The van der Waals surface area contributed by atoms with Crippen LogP contribution in [0.25, 0.3) is 22.4 Å². The molecular weight excluding hydrogens is 507 g/mol. The van der Waals surface area contributed by atoms with Gasteiger partial charge in [0, 0.05) is 35.8 Å². The van der Waals surface area contributed by atoms with Crippen molar-refractivity contribution >= 4 is 44.2 Å². The van der Waals surface area contributed by atoms with E-state index in [1.165, 1.54) is 24.5 Å². The summed E-state index contributed by atoms with van der Waals surface area (Å²) in [6.45, 7) is 1.87. The summed E-state index contributed by atoms with van der Waals surface area (Å²) >= 11 is 6.18. The predicted molar refractivity (Wildman–Crippen MR) is 135 cm³/mol. The third kappa shape index (κ3) is 4.51. The van der Waals surface area contributed by atoms with Gasteiger partial charge in [0.2, 0.25) is 0 Å². The number of nitrogens with zero attached hydrogens (tertiary/aromatic N) is 5. The lowest BCUT2D eigenvalue weighted by atomic mass is 9.94. The van der Waals surface area contributed by atoms with Gasteiger partial charge in [-0.25, -0.2) is 31.7 Å². The Labute approximate surface area is 211 Å². The fourth-order valence-electron chi connectivity index (χ4n) is 4.29. The highest BCUT2D eigenvalue weighted by atomic mass is 35.5. The Kier molecular flexibility index (Phi) is 6.35. The van der Waals surface area contributed by atoms with Gasteiger partial charge in [-0.3, -0.25) is 0 Å². The second kappa shape index (κ2) is 9.47. The maximum absolute atomic E-state index is 14.6. The first-order chi connectivity index (χ1) is 17.3. The van der Waals surface area contributed by atoms with Crippen LogP contribution in [0.2, 0.25) is 5.02 Å². The van der Waals surface area contributed by atoms with Crippen molar-refractivity contribution in [2.75, 3.05) is 5.32 Å². The molecule has 0 radical (unpaired) electrons. The van der Waals surface area contributed by atoms with Crippen molar-refractivity contribution in [1.82, 2.24) is 18.9 Å². The third-order valence-corrected chi connectivity index (χ3v) is 7.99. The first kappa shape index (κ1) is 24.1. The molecule has 1 atom stereocenters. The van der Waals surface area contributed by atoms with Gasteiger partial charge in [0.25, 0.3) is 10.0 Å². The van der Waals surface area contributed by atoms with Gasteiger partial charge in [0.15, 0.2) is 23.1 Å². The van der Waals surface area contributed by atoms with Gasteiger partial charge in [-0.2, -0.15) is 0 Å². The van der Waals surface area contributed by atoms with Crippen LogP contribution < -0.4 is 5.32 Å². The van der Waals surface area contributed by atoms with Gasteiger partial charge in [-0.1, -0.05) is 34.5 Å². The fraction of sp³-hybridized carbons (Fsp3) is 0.250. The minimum Gasteiger partial charge on any atom is -0.411 e. The Bertz CT molecular complexity index is 1590. The minimum absolute atomic E-state index is 0.0264. The number of halogens is 2. The van der Waals surface area contributed by atoms with E-state index in [2.05, 4.69) is 25.4 Å². The first-order valence-corrected chi connectivity index (χ1v) is 13.1. The zero-order valence-electron chi connectivity index (χ0n) is 19.2. The van der Waals surface area contributed by atoms with Crippen molar-refractivity contribution in [3.8, 4) is 11.4 Å². The topological polar surface area (TPSA) is 122 Å². The molecule has 1 unspecified atom stereocenters. The molecule has 0 saturated heterocycles. The van der Waals surface area contributed by atoms with E-state index in [9.17, 15) is 12.8 Å². The molecule has 0 spiro atoms. The van der Waals surface area contributed by atoms with Gasteiger partial charge in [-0.15, -0.1) is 0 Å². The van der Waals surface area contributed by atoms with Crippen LogP contribution in [0.3, 0.4) is 0 Å². The summed E-state index contributed by atoms with van der Waals surface area (Å²) in [5, 5.41) is 16.2. The maximum Gasteiger partial charge on any atom is 0.269 e. The lowest BCUT2D eigenvalue weighted by Gasteiger charge is -2.24. The standard InChI is InChI=1S/C24H22ClFN6O3S/c1-14-5-7-18(8-6-14)36(34,35)32-13-20(19-9-15(25)11-28-24(19)32)22-27-12-21(26)23(30-22)29-16-3-2-4-17(10-16)31-33/h5-9,11-13,16,33H,2-4,10H2,1H3,(H,27,29,30). The van der Waals surface area contributed by atoms with E-state index in [4.69, 9.17) is 16.8 Å². The van der Waals surface area contributed by atoms with Crippen molar-refractivity contribution in [1.29, 1.82) is 0 Å². The number of pyridine rings is 1. The van der Waals surface area contributed by atoms with Crippen LogP contribution in [0.5, 0.6) is 0 Å². The summed E-state index contributed by atoms with van der Waals surface area (Å²) < 4.78 is 42.7. The van der Waals surface area contributed by atoms with Gasteiger partial charge < -0.3 is 10.5 Å². The monoisotopic (exact) mass is 528 g/mol. The maximum atomic E-state index is 14.6. The number of fused-ring (bicyclic) bond motifs is 1. The smallest absolute Gasteiger partial charge is 0.269 e. The molecule has 1 aromatic carbocycles. The molecule has 1 aliphatic carbocycles. The molecule has 3 aromatic heterocycles. The Morgan fingerprint density at radius 3 is 2.75 bits per heavy atom. The van der Waals surface area contributed by atoms with E-state index >= 15 is 0 Å². The van der Waals surface area contributed by atoms with E-state index in [1.54, 1.807) is 18.2 Å². The summed E-state index contributed by atoms with van der Waals surface area (Å²) in [7, 11) is -4.00. The van der Waals surface area contributed by atoms with Crippen LogP contribution in [0.1, 0.15) is 31.2 Å². The largest absolute Gasteiger partial charge is 0.411 e. The van der Waals surface area contributed by atoms with Crippen LogP contribution in [0.15, 0.2) is 59.0 Å². The average molecular weight is 529 g/mol. The van der Waals surface area contributed by atoms with Crippen LogP contribution in [-0.4, -0.2) is 44.3 Å². The molecule has 12 heteroatoms. The molecule has 0 bridgehead atoms. The molecule has 1 aliphatic rings. The lowest BCUT2D eigenvalue weighted by Crippen LogP contribution is -2.28. The quantitative estimate of drug-likeness (QED) is 0.275. The van der Waals surface area contributed by atoms with Gasteiger partial charge in [-0.05, 0) is 44.4 Å². The lowest BCUT2D eigenvalue weighted by molar-refractivity contribution is 0.313. The van der Waals surface area contributed by atoms with Crippen molar-refractivity contribution < 1.29 is 18.0 Å². The number of rotatable bonds is 5. The summed E-state index contributed by atoms with van der Waals surface area (Å²) in [5.41, 5.74) is 2.04. The number of aryl methyl sites for hydroxylation is 1. The zero-order chi connectivity index (χ0) is 25.4. The summed E-state index contributed by atoms with van der Waals surface area (Å²) in [4.78, 5) is 12.8. The van der Waals surface area contributed by atoms with Gasteiger partial charge in [0.05, 0.1) is 21.8 Å². The Morgan fingerprint density at radius 2 is 2.00 bits per heavy atom. The second-order valence-corrected chi connectivity index (χ2v) is 10.9. The third-order valence-electron chi connectivity index (χ3n) is 6.12. The highest BCUT2D eigenvalue weighted by molar-refractivity contribution is 7.90. The molecule has 1 fully saturated rings. The predicted octanol–water partition coefficient (Wildman–Crippen LogP) is 5.02. The summed E-state index contributed by atoms with van der Waals surface area (Å²) in [6, 6.07) is 7.88. The number of oxime groups is 1. The Hall–Kier alpha value is -3.57. The molecule has 0 amide bonds. The van der Waals surface area contributed by atoms with Crippen molar-refractivity contribution in [2.45, 2.75) is 43.5 Å². The zero-order valence-corrected chi connectivity index (χ0v) is 20.8. The molecule has 4 aromatic rings. The van der Waals surface area contributed by atoms with E-state index < -0.39 is 15.8 Å². The van der Waals surface area contributed by atoms with Crippen molar-refractivity contribution in [2.24, 2.45) is 5.16 Å². The number of hydrogen-bond donors (Lipinski definition) is 2. The SMILES string of the molecule is Cc1ccc(S(=O)(=O)n2cc(-c3ncc(F)c(NC4CCCC(=NO)C4)n3)c3cc(Cl)cnc32)cc1. The van der Waals surface area contributed by atoms with Crippen LogP contribution in [0, 0.1) is 12.7 Å². The van der Waals surface area contributed by atoms with Crippen LogP contribution >= 0.6 is 11.6 Å². The highest BCUT2D eigenvalue weighted by Gasteiger charge is 2.25. The van der Waals surface area contributed by atoms with E-state index in [-0.39, 0.29) is 28.2 Å². The molecule has 186 valence electrons. The number of aromatic nitrogens is 4.